The van der Waals surface area contributed by atoms with Crippen molar-refractivity contribution in [1.82, 2.24) is 0 Å². The molecule has 0 aliphatic heterocycles. The number of hydrogen-bond donors (Lipinski definition) is 0. The Labute approximate surface area is 95.9 Å². The van der Waals surface area contributed by atoms with Crippen molar-refractivity contribution >= 4 is 11.9 Å². The van der Waals surface area contributed by atoms with Crippen LogP contribution in [0.5, 0.6) is 0 Å². The van der Waals surface area contributed by atoms with E-state index in [1.807, 2.05) is 13.8 Å². The Morgan fingerprint density at radius 1 is 0.875 bits per heavy atom. The van der Waals surface area contributed by atoms with Crippen LogP contribution in [0.15, 0.2) is 23.7 Å². The van der Waals surface area contributed by atoms with Gasteiger partial charge in [0.2, 0.25) is 0 Å². The Balaban J connectivity index is 4.62. The van der Waals surface area contributed by atoms with E-state index in [9.17, 15) is 9.59 Å². The second-order valence-electron chi connectivity index (χ2n) is 3.16. The van der Waals surface area contributed by atoms with E-state index in [1.165, 1.54) is 13.8 Å². The summed E-state index contributed by atoms with van der Waals surface area (Å²) in [5.41, 5.74) is 0. The first kappa shape index (κ1) is 14.4. The molecular formula is C12H18O4. The highest BCUT2D eigenvalue weighted by Gasteiger charge is 2.00. The van der Waals surface area contributed by atoms with E-state index in [-0.39, 0.29) is 11.9 Å². The van der Waals surface area contributed by atoms with Crippen LogP contribution in [0.1, 0.15) is 40.5 Å². The van der Waals surface area contributed by atoms with Gasteiger partial charge in [-0.2, -0.15) is 0 Å². The molecule has 0 unspecified atom stereocenters. The van der Waals surface area contributed by atoms with Gasteiger partial charge in [-0.1, -0.05) is 13.8 Å². The molecule has 0 aromatic rings. The monoisotopic (exact) mass is 226 g/mol. The van der Waals surface area contributed by atoms with E-state index >= 15 is 0 Å². The molecule has 0 aliphatic carbocycles. The van der Waals surface area contributed by atoms with Gasteiger partial charge in [-0.3, -0.25) is 9.59 Å². The van der Waals surface area contributed by atoms with Crippen LogP contribution in [0.2, 0.25) is 0 Å². The predicted molar refractivity (Wildman–Crippen MR) is 60.3 cm³/mol. The molecule has 0 bridgehead atoms. The molecule has 4 nitrogen and oxygen atoms in total. The number of esters is 2. The summed E-state index contributed by atoms with van der Waals surface area (Å²) in [5.74, 6) is 0.385. The van der Waals surface area contributed by atoms with Gasteiger partial charge in [0.25, 0.3) is 0 Å². The molecule has 0 aromatic carbocycles. The van der Waals surface area contributed by atoms with Gasteiger partial charge in [-0.05, 0) is 12.2 Å². The minimum Gasteiger partial charge on any atom is -0.431 e. The highest BCUT2D eigenvalue weighted by Crippen LogP contribution is 2.08. The van der Waals surface area contributed by atoms with Crippen LogP contribution in [0, 0.1) is 0 Å². The van der Waals surface area contributed by atoms with Crippen LogP contribution in [0.3, 0.4) is 0 Å². The lowest BCUT2D eigenvalue weighted by Gasteiger charge is -2.04. The molecular weight excluding hydrogens is 208 g/mol. The smallest absolute Gasteiger partial charge is 0.307 e. The highest BCUT2D eigenvalue weighted by molar-refractivity contribution is 5.67. The van der Waals surface area contributed by atoms with E-state index in [1.54, 1.807) is 12.2 Å². The molecule has 0 heterocycles. The number of carbonyl (C=O) groups excluding carboxylic acids is 2. The maximum atomic E-state index is 10.7. The molecule has 0 saturated carbocycles. The summed E-state index contributed by atoms with van der Waals surface area (Å²) in [6.45, 7) is 6.44. The lowest BCUT2D eigenvalue weighted by molar-refractivity contribution is -0.138. The third-order valence-corrected chi connectivity index (χ3v) is 1.70. The summed E-state index contributed by atoms with van der Waals surface area (Å²) in [6, 6.07) is 0. The lowest BCUT2D eigenvalue weighted by atomic mass is 10.3. The lowest BCUT2D eigenvalue weighted by Crippen LogP contribution is -1.99. The van der Waals surface area contributed by atoms with Crippen LogP contribution in [-0.4, -0.2) is 11.9 Å². The quantitative estimate of drug-likeness (QED) is 0.411. The van der Waals surface area contributed by atoms with Crippen molar-refractivity contribution in [1.29, 1.82) is 0 Å². The van der Waals surface area contributed by atoms with Crippen LogP contribution >= 0.6 is 0 Å². The van der Waals surface area contributed by atoms with E-state index < -0.39 is 0 Å². The third-order valence-electron chi connectivity index (χ3n) is 1.70. The molecule has 0 amide bonds. The van der Waals surface area contributed by atoms with E-state index in [2.05, 4.69) is 0 Å². The standard InChI is InChI=1S/C12H18O4/c1-5-11(15-9(3)13)7-8-12(6-2)16-10(4)14/h7-8H,5-6H2,1-4H3/b11-7-,12-8-. The number of hydrogen-bond acceptors (Lipinski definition) is 4. The van der Waals surface area contributed by atoms with Gasteiger partial charge in [0.1, 0.15) is 11.5 Å². The zero-order valence-electron chi connectivity index (χ0n) is 10.2. The van der Waals surface area contributed by atoms with Crippen molar-refractivity contribution in [3.8, 4) is 0 Å². The molecule has 0 atom stereocenters. The molecule has 90 valence electrons. The second kappa shape index (κ2) is 7.68. The van der Waals surface area contributed by atoms with E-state index in [4.69, 9.17) is 9.47 Å². The Kier molecular flexibility index (Phi) is 6.92. The summed E-state index contributed by atoms with van der Waals surface area (Å²) >= 11 is 0. The molecule has 0 fully saturated rings. The van der Waals surface area contributed by atoms with Gasteiger partial charge in [-0.25, -0.2) is 0 Å². The molecule has 4 heteroatoms. The van der Waals surface area contributed by atoms with Crippen molar-refractivity contribution in [2.45, 2.75) is 40.5 Å². The largest absolute Gasteiger partial charge is 0.431 e. The van der Waals surface area contributed by atoms with Gasteiger partial charge in [-0.15, -0.1) is 0 Å². The van der Waals surface area contributed by atoms with Crippen LogP contribution in [0.25, 0.3) is 0 Å². The summed E-state index contributed by atoms with van der Waals surface area (Å²) in [7, 11) is 0. The Bertz CT molecular complexity index is 281. The molecule has 0 aliphatic rings. The normalized spacial score (nSPS) is 12.2. The first-order valence-electron chi connectivity index (χ1n) is 5.26. The fraction of sp³-hybridized carbons (Fsp3) is 0.500. The fourth-order valence-electron chi connectivity index (χ4n) is 1.00. The molecule has 0 saturated heterocycles. The van der Waals surface area contributed by atoms with Crippen molar-refractivity contribution in [3.05, 3.63) is 23.7 Å². The average molecular weight is 226 g/mol. The van der Waals surface area contributed by atoms with Gasteiger partial charge in [0.05, 0.1) is 0 Å². The predicted octanol–water partition coefficient (Wildman–Crippen LogP) is 2.70. The van der Waals surface area contributed by atoms with Crippen molar-refractivity contribution < 1.29 is 19.1 Å². The first-order valence-corrected chi connectivity index (χ1v) is 5.26. The number of rotatable bonds is 5. The van der Waals surface area contributed by atoms with Gasteiger partial charge < -0.3 is 9.47 Å². The Morgan fingerprint density at radius 3 is 1.38 bits per heavy atom. The summed E-state index contributed by atoms with van der Waals surface area (Å²) in [5, 5.41) is 0. The number of carbonyl (C=O) groups is 2. The van der Waals surface area contributed by atoms with Gasteiger partial charge in [0.15, 0.2) is 0 Å². The van der Waals surface area contributed by atoms with E-state index in [0.29, 0.717) is 24.4 Å². The van der Waals surface area contributed by atoms with E-state index in [0.717, 1.165) is 0 Å². The van der Waals surface area contributed by atoms with Crippen LogP contribution < -0.4 is 0 Å². The maximum Gasteiger partial charge on any atom is 0.307 e. The maximum absolute atomic E-state index is 10.7. The second-order valence-corrected chi connectivity index (χ2v) is 3.16. The molecule has 0 N–H and O–H groups in total. The Morgan fingerprint density at radius 2 is 1.19 bits per heavy atom. The number of allylic oxidation sites excluding steroid dienone is 4. The summed E-state index contributed by atoms with van der Waals surface area (Å²) in [6.07, 6.45) is 4.49. The minimum atomic E-state index is -0.355. The van der Waals surface area contributed by atoms with Crippen molar-refractivity contribution in [2.24, 2.45) is 0 Å². The fourth-order valence-corrected chi connectivity index (χ4v) is 1.00. The van der Waals surface area contributed by atoms with Crippen molar-refractivity contribution in [3.63, 3.8) is 0 Å². The molecule has 0 radical (unpaired) electrons. The van der Waals surface area contributed by atoms with Crippen LogP contribution in [-0.2, 0) is 19.1 Å². The molecule has 0 spiro atoms. The topological polar surface area (TPSA) is 52.6 Å². The first-order chi connectivity index (χ1) is 7.49. The SMILES string of the molecule is CC/C(=C/C=C(/CC)OC(C)=O)OC(C)=O. The minimum absolute atomic E-state index is 0.355. The Hall–Kier alpha value is -1.58. The number of ether oxygens (including phenoxy) is 2. The highest BCUT2D eigenvalue weighted by atomic mass is 16.5. The molecule has 0 rings (SSSR count). The molecule has 0 aromatic heterocycles. The average Bonchev–Trinajstić information content (AvgIpc) is 2.20. The zero-order chi connectivity index (χ0) is 12.6. The van der Waals surface area contributed by atoms with Gasteiger partial charge in [0, 0.05) is 26.7 Å². The van der Waals surface area contributed by atoms with Crippen molar-refractivity contribution in [2.75, 3.05) is 0 Å². The van der Waals surface area contributed by atoms with Crippen LogP contribution in [0.4, 0.5) is 0 Å². The summed E-state index contributed by atoms with van der Waals surface area (Å²) < 4.78 is 9.87. The zero-order valence-corrected chi connectivity index (χ0v) is 10.2. The molecule has 16 heavy (non-hydrogen) atoms. The van der Waals surface area contributed by atoms with Gasteiger partial charge >= 0.3 is 11.9 Å². The summed E-state index contributed by atoms with van der Waals surface area (Å²) in [4.78, 5) is 21.5. The third kappa shape index (κ3) is 6.81.